The average molecular weight is 441 g/mol. The number of fused-ring (bicyclic) bond motifs is 3. The van der Waals surface area contributed by atoms with Crippen LogP contribution in [0.25, 0.3) is 16.7 Å². The Hall–Kier alpha value is -4.66. The second-order valence-electron chi connectivity index (χ2n) is 7.48. The van der Waals surface area contributed by atoms with Crippen LogP contribution in [0.5, 0.6) is 0 Å². The predicted octanol–water partition coefficient (Wildman–Crippen LogP) is 3.50. The zero-order valence-electron chi connectivity index (χ0n) is 17.6. The van der Waals surface area contributed by atoms with E-state index < -0.39 is 5.91 Å². The summed E-state index contributed by atoms with van der Waals surface area (Å²) in [6, 6.07) is 17.2. The van der Waals surface area contributed by atoms with Gasteiger partial charge in [0.15, 0.2) is 11.4 Å². The van der Waals surface area contributed by atoms with E-state index in [-0.39, 0.29) is 23.8 Å². The minimum absolute atomic E-state index is 0.116. The summed E-state index contributed by atoms with van der Waals surface area (Å²) in [6.45, 7) is 1.56. The van der Waals surface area contributed by atoms with E-state index in [1.54, 1.807) is 53.1 Å². The number of furan rings is 1. The lowest BCUT2D eigenvalue weighted by Crippen LogP contribution is -2.23. The Morgan fingerprint density at radius 3 is 2.42 bits per heavy atom. The van der Waals surface area contributed by atoms with Gasteiger partial charge in [0.2, 0.25) is 5.91 Å². The number of pyridine rings is 1. The van der Waals surface area contributed by atoms with Gasteiger partial charge in [-0.15, -0.1) is 0 Å². The van der Waals surface area contributed by atoms with Gasteiger partial charge in [0.1, 0.15) is 11.3 Å². The predicted molar refractivity (Wildman–Crippen MR) is 123 cm³/mol. The van der Waals surface area contributed by atoms with E-state index in [4.69, 9.17) is 4.42 Å². The fourth-order valence-corrected chi connectivity index (χ4v) is 3.70. The largest absolute Gasteiger partial charge is 0.454 e. The number of aromatic nitrogens is 3. The molecule has 164 valence electrons. The molecule has 0 radical (unpaired) electrons. The number of carbonyl (C=O) groups excluding carboxylic acids is 2. The molecule has 0 aliphatic carbocycles. The molecule has 0 saturated heterocycles. The number of benzene rings is 1. The van der Waals surface area contributed by atoms with Crippen molar-refractivity contribution in [2.24, 2.45) is 0 Å². The number of nitrogens with one attached hydrogen (secondary N) is 2. The molecule has 9 nitrogen and oxygen atoms in total. The first kappa shape index (κ1) is 20.3. The zero-order valence-corrected chi connectivity index (χ0v) is 17.6. The van der Waals surface area contributed by atoms with Crippen LogP contribution in [-0.4, -0.2) is 25.8 Å². The van der Waals surface area contributed by atoms with Crippen LogP contribution < -0.4 is 16.2 Å². The summed E-state index contributed by atoms with van der Waals surface area (Å²) in [5, 5.41) is 5.41. The first-order chi connectivity index (χ1) is 16.0. The van der Waals surface area contributed by atoms with Gasteiger partial charge in [0.05, 0.1) is 12.1 Å². The molecule has 0 unspecified atom stereocenters. The Morgan fingerprint density at radius 1 is 0.939 bits per heavy atom. The number of anilines is 2. The standard InChI is InChI=1S/C24H19N5O4/c1-15(30)26-16-6-8-17(9-7-16)27-23(31)21-11-10-18(33-21)14-29-22-19(4-2-12-25-22)28-13-3-5-20(28)24(29)32/h2-13H,14H2,1H3,(H,26,30)(H,27,31). The van der Waals surface area contributed by atoms with Crippen molar-refractivity contribution in [2.75, 3.05) is 10.6 Å². The molecular formula is C24H19N5O4. The number of hydrogen-bond acceptors (Lipinski definition) is 5. The highest BCUT2D eigenvalue weighted by molar-refractivity contribution is 6.02. The van der Waals surface area contributed by atoms with Gasteiger partial charge in [-0.25, -0.2) is 4.98 Å². The number of hydrogen-bond donors (Lipinski definition) is 2. The fraction of sp³-hybridized carbons (Fsp3) is 0.0833. The zero-order chi connectivity index (χ0) is 22.9. The van der Waals surface area contributed by atoms with Gasteiger partial charge in [0, 0.05) is 30.7 Å². The second-order valence-corrected chi connectivity index (χ2v) is 7.48. The normalized spacial score (nSPS) is 11.1. The molecule has 0 atom stereocenters. The lowest BCUT2D eigenvalue weighted by Gasteiger charge is -2.10. The van der Waals surface area contributed by atoms with Gasteiger partial charge in [0.25, 0.3) is 11.5 Å². The van der Waals surface area contributed by atoms with E-state index in [0.717, 1.165) is 5.52 Å². The van der Waals surface area contributed by atoms with Crippen molar-refractivity contribution in [3.05, 3.63) is 94.9 Å². The summed E-state index contributed by atoms with van der Waals surface area (Å²) in [6.07, 6.45) is 3.45. The number of rotatable bonds is 5. The molecule has 0 fully saturated rings. The molecule has 0 aliphatic heterocycles. The molecule has 2 amide bonds. The minimum atomic E-state index is -0.425. The Labute approximate surface area is 187 Å². The summed E-state index contributed by atoms with van der Waals surface area (Å²) in [4.78, 5) is 41.1. The molecule has 0 saturated carbocycles. The van der Waals surface area contributed by atoms with Crippen molar-refractivity contribution in [3.8, 4) is 0 Å². The van der Waals surface area contributed by atoms with Crippen molar-refractivity contribution in [1.82, 2.24) is 14.0 Å². The van der Waals surface area contributed by atoms with E-state index in [0.29, 0.717) is 28.3 Å². The highest BCUT2D eigenvalue weighted by atomic mass is 16.4. The molecule has 0 spiro atoms. The molecule has 33 heavy (non-hydrogen) atoms. The van der Waals surface area contributed by atoms with Gasteiger partial charge in [-0.1, -0.05) is 0 Å². The van der Waals surface area contributed by atoms with E-state index in [1.165, 1.54) is 11.5 Å². The minimum Gasteiger partial charge on any atom is -0.454 e. The smallest absolute Gasteiger partial charge is 0.291 e. The van der Waals surface area contributed by atoms with Crippen LogP contribution in [0, 0.1) is 0 Å². The van der Waals surface area contributed by atoms with Crippen LogP contribution >= 0.6 is 0 Å². The highest BCUT2D eigenvalue weighted by Gasteiger charge is 2.16. The second kappa shape index (κ2) is 8.12. The highest BCUT2D eigenvalue weighted by Crippen LogP contribution is 2.18. The van der Waals surface area contributed by atoms with Crippen molar-refractivity contribution in [1.29, 1.82) is 0 Å². The van der Waals surface area contributed by atoms with E-state index in [2.05, 4.69) is 15.6 Å². The van der Waals surface area contributed by atoms with Crippen molar-refractivity contribution in [3.63, 3.8) is 0 Å². The van der Waals surface area contributed by atoms with Crippen LogP contribution in [-0.2, 0) is 11.3 Å². The third kappa shape index (κ3) is 3.87. The van der Waals surface area contributed by atoms with Crippen LogP contribution in [0.15, 0.2) is 82.3 Å². The monoisotopic (exact) mass is 441 g/mol. The third-order valence-corrected chi connectivity index (χ3v) is 5.16. The molecule has 0 bridgehead atoms. The third-order valence-electron chi connectivity index (χ3n) is 5.16. The molecule has 5 aromatic rings. The lowest BCUT2D eigenvalue weighted by molar-refractivity contribution is -0.114. The van der Waals surface area contributed by atoms with Gasteiger partial charge in [-0.3, -0.25) is 19.0 Å². The maximum absolute atomic E-state index is 13.0. The lowest BCUT2D eigenvalue weighted by atomic mass is 10.2. The molecule has 0 aliphatic rings. The Kier molecular flexibility index (Phi) is 4.98. The van der Waals surface area contributed by atoms with Gasteiger partial charge >= 0.3 is 0 Å². The first-order valence-corrected chi connectivity index (χ1v) is 10.2. The summed E-state index contributed by atoms with van der Waals surface area (Å²) >= 11 is 0. The van der Waals surface area contributed by atoms with Crippen LogP contribution in [0.1, 0.15) is 23.2 Å². The summed E-state index contributed by atoms with van der Waals surface area (Å²) in [7, 11) is 0. The Balaban J connectivity index is 1.38. The number of amides is 2. The SMILES string of the molecule is CC(=O)Nc1ccc(NC(=O)c2ccc(Cn3c(=O)c4cccn4c4cccnc43)o2)cc1. The molecule has 4 heterocycles. The van der Waals surface area contributed by atoms with Gasteiger partial charge in [-0.05, 0) is 60.7 Å². The maximum Gasteiger partial charge on any atom is 0.291 e. The first-order valence-electron chi connectivity index (χ1n) is 10.2. The molecular weight excluding hydrogens is 422 g/mol. The topological polar surface area (TPSA) is 111 Å². The van der Waals surface area contributed by atoms with Crippen LogP contribution in [0.4, 0.5) is 11.4 Å². The molecule has 2 N–H and O–H groups in total. The van der Waals surface area contributed by atoms with Crippen LogP contribution in [0.3, 0.4) is 0 Å². The molecule has 9 heteroatoms. The fourth-order valence-electron chi connectivity index (χ4n) is 3.70. The van der Waals surface area contributed by atoms with E-state index >= 15 is 0 Å². The number of nitrogens with zero attached hydrogens (tertiary/aromatic N) is 3. The maximum atomic E-state index is 13.0. The molecule has 1 aromatic carbocycles. The number of carbonyl (C=O) groups is 2. The molecule has 5 rings (SSSR count). The molecule has 4 aromatic heterocycles. The van der Waals surface area contributed by atoms with E-state index in [1.807, 2.05) is 24.4 Å². The average Bonchev–Trinajstić information content (AvgIpc) is 3.48. The van der Waals surface area contributed by atoms with Gasteiger partial charge < -0.3 is 19.5 Å². The van der Waals surface area contributed by atoms with Crippen LogP contribution in [0.2, 0.25) is 0 Å². The van der Waals surface area contributed by atoms with Crippen molar-refractivity contribution >= 4 is 39.9 Å². The Morgan fingerprint density at radius 2 is 1.67 bits per heavy atom. The van der Waals surface area contributed by atoms with E-state index in [9.17, 15) is 14.4 Å². The Bertz CT molecular complexity index is 1560. The summed E-state index contributed by atoms with van der Waals surface area (Å²) in [5.74, 6) is -0.0323. The summed E-state index contributed by atoms with van der Waals surface area (Å²) < 4.78 is 9.07. The van der Waals surface area contributed by atoms with Crippen molar-refractivity contribution < 1.29 is 14.0 Å². The van der Waals surface area contributed by atoms with Gasteiger partial charge in [-0.2, -0.15) is 0 Å². The quantitative estimate of drug-likeness (QED) is 0.434. The van der Waals surface area contributed by atoms with Crippen molar-refractivity contribution in [2.45, 2.75) is 13.5 Å². The summed E-state index contributed by atoms with van der Waals surface area (Å²) in [5.41, 5.74) is 2.83.